The van der Waals surface area contributed by atoms with Crippen molar-refractivity contribution in [1.29, 1.82) is 5.26 Å². The van der Waals surface area contributed by atoms with Crippen LogP contribution in [0.2, 0.25) is 0 Å². The van der Waals surface area contributed by atoms with Gasteiger partial charge in [-0.25, -0.2) is 8.42 Å². The Labute approximate surface area is 86.2 Å². The summed E-state index contributed by atoms with van der Waals surface area (Å²) in [5.41, 5.74) is -0.335. The van der Waals surface area contributed by atoms with E-state index in [4.69, 9.17) is 5.26 Å². The minimum absolute atomic E-state index is 0.153. The van der Waals surface area contributed by atoms with E-state index in [9.17, 15) is 8.42 Å². The Morgan fingerprint density at radius 2 is 1.93 bits per heavy atom. The van der Waals surface area contributed by atoms with Crippen molar-refractivity contribution in [2.24, 2.45) is 5.41 Å². The van der Waals surface area contributed by atoms with Crippen molar-refractivity contribution < 1.29 is 8.42 Å². The molecule has 0 aromatic rings. The lowest BCUT2D eigenvalue weighted by atomic mass is 9.92. The first-order valence-electron chi connectivity index (χ1n) is 4.56. The first-order chi connectivity index (χ1) is 6.27. The van der Waals surface area contributed by atoms with Crippen LogP contribution in [-0.2, 0) is 9.84 Å². The van der Waals surface area contributed by atoms with Crippen molar-refractivity contribution in [3.05, 3.63) is 0 Å². The highest BCUT2D eigenvalue weighted by atomic mass is 32.2. The van der Waals surface area contributed by atoms with Crippen LogP contribution in [0.4, 0.5) is 0 Å². The molecule has 82 valence electrons. The molecule has 0 fully saturated rings. The number of hydrogen-bond donors (Lipinski definition) is 1. The summed E-state index contributed by atoms with van der Waals surface area (Å²) in [6.07, 6.45) is 1.95. The van der Waals surface area contributed by atoms with Gasteiger partial charge in [0.2, 0.25) is 0 Å². The zero-order chi connectivity index (χ0) is 11.2. The van der Waals surface area contributed by atoms with Crippen molar-refractivity contribution in [3.8, 4) is 6.07 Å². The van der Waals surface area contributed by atoms with Gasteiger partial charge in [0.15, 0.2) is 0 Å². The first-order valence-corrected chi connectivity index (χ1v) is 6.63. The summed E-state index contributed by atoms with van der Waals surface area (Å²) in [6, 6.07) is 2.19. The van der Waals surface area contributed by atoms with Gasteiger partial charge in [-0.1, -0.05) is 0 Å². The molecule has 0 radical (unpaired) electrons. The normalized spacial score (nSPS) is 12.4. The Kier molecular flexibility index (Phi) is 5.09. The summed E-state index contributed by atoms with van der Waals surface area (Å²) in [4.78, 5) is 0. The number of hydrogen-bond acceptors (Lipinski definition) is 4. The molecule has 0 spiro atoms. The van der Waals surface area contributed by atoms with Crippen molar-refractivity contribution >= 4 is 9.84 Å². The van der Waals surface area contributed by atoms with Gasteiger partial charge in [-0.15, -0.1) is 0 Å². The molecule has 0 aliphatic rings. The average molecular weight is 218 g/mol. The maximum atomic E-state index is 10.8. The van der Waals surface area contributed by atoms with Crippen LogP contribution < -0.4 is 5.32 Å². The second-order valence-electron chi connectivity index (χ2n) is 4.13. The van der Waals surface area contributed by atoms with Gasteiger partial charge in [0.1, 0.15) is 9.84 Å². The molecular weight excluding hydrogens is 200 g/mol. The number of nitrogens with zero attached hydrogens (tertiary/aromatic N) is 1. The van der Waals surface area contributed by atoms with E-state index >= 15 is 0 Å². The van der Waals surface area contributed by atoms with Crippen LogP contribution in [0.5, 0.6) is 0 Å². The Hall–Kier alpha value is -0.600. The lowest BCUT2D eigenvalue weighted by Gasteiger charge is -2.14. The number of nitrogens with one attached hydrogen (secondary N) is 1. The molecule has 0 aromatic heterocycles. The highest BCUT2D eigenvalue weighted by molar-refractivity contribution is 7.90. The summed E-state index contributed by atoms with van der Waals surface area (Å²) in [5.74, 6) is 0.153. The highest BCUT2D eigenvalue weighted by Gasteiger charge is 2.15. The second-order valence-corrected chi connectivity index (χ2v) is 6.39. The molecule has 4 nitrogen and oxygen atoms in total. The minimum atomic E-state index is -2.87. The van der Waals surface area contributed by atoms with Gasteiger partial charge < -0.3 is 5.32 Å². The summed E-state index contributed by atoms with van der Waals surface area (Å²) in [7, 11) is -2.87. The van der Waals surface area contributed by atoms with E-state index in [2.05, 4.69) is 11.4 Å². The Morgan fingerprint density at radius 1 is 1.36 bits per heavy atom. The molecule has 0 heterocycles. The molecule has 0 aliphatic heterocycles. The lowest BCUT2D eigenvalue weighted by Crippen LogP contribution is -2.26. The maximum Gasteiger partial charge on any atom is 0.148 e. The molecule has 0 atom stereocenters. The van der Waals surface area contributed by atoms with Crippen molar-refractivity contribution in [3.63, 3.8) is 0 Å². The minimum Gasteiger partial charge on any atom is -0.316 e. The fourth-order valence-electron chi connectivity index (χ4n) is 0.839. The average Bonchev–Trinajstić information content (AvgIpc) is 2.01. The third kappa shape index (κ3) is 8.02. The summed E-state index contributed by atoms with van der Waals surface area (Å²) >= 11 is 0. The Morgan fingerprint density at radius 3 is 2.36 bits per heavy atom. The predicted octanol–water partition coefficient (Wildman–Crippen LogP) is 0.560. The van der Waals surface area contributed by atoms with E-state index < -0.39 is 9.84 Å². The van der Waals surface area contributed by atoms with Crippen LogP contribution in [-0.4, -0.2) is 33.5 Å². The monoisotopic (exact) mass is 218 g/mol. The summed E-state index contributed by atoms with van der Waals surface area (Å²) < 4.78 is 21.5. The van der Waals surface area contributed by atoms with E-state index in [1.165, 1.54) is 6.26 Å². The van der Waals surface area contributed by atoms with Crippen LogP contribution in [0.1, 0.15) is 20.3 Å². The number of rotatable bonds is 6. The van der Waals surface area contributed by atoms with Gasteiger partial charge >= 0.3 is 0 Å². The fourth-order valence-corrected chi connectivity index (χ4v) is 1.35. The van der Waals surface area contributed by atoms with E-state index in [0.29, 0.717) is 13.1 Å². The number of nitriles is 1. The quantitative estimate of drug-likeness (QED) is 0.661. The van der Waals surface area contributed by atoms with Gasteiger partial charge in [-0.2, -0.15) is 5.26 Å². The number of sulfone groups is 1. The van der Waals surface area contributed by atoms with Gasteiger partial charge in [0, 0.05) is 12.8 Å². The molecule has 1 N–H and O–H groups in total. The standard InChI is InChI=1S/C9H18N2O2S/c1-9(2,8-10)4-5-11-6-7-14(3,12)13/h11H,4-7H2,1-3H3. The highest BCUT2D eigenvalue weighted by Crippen LogP contribution is 2.16. The van der Waals surface area contributed by atoms with Gasteiger partial charge in [0.25, 0.3) is 0 Å². The molecule has 14 heavy (non-hydrogen) atoms. The third-order valence-electron chi connectivity index (χ3n) is 1.88. The Balaban J connectivity index is 3.55. The van der Waals surface area contributed by atoms with Gasteiger partial charge in [0.05, 0.1) is 17.2 Å². The van der Waals surface area contributed by atoms with Crippen LogP contribution in [0.25, 0.3) is 0 Å². The summed E-state index contributed by atoms with van der Waals surface area (Å²) in [6.45, 7) is 4.87. The largest absolute Gasteiger partial charge is 0.316 e. The van der Waals surface area contributed by atoms with Crippen molar-refractivity contribution in [2.75, 3.05) is 25.1 Å². The molecule has 0 unspecified atom stereocenters. The lowest BCUT2D eigenvalue weighted by molar-refractivity contribution is 0.436. The van der Waals surface area contributed by atoms with E-state index in [-0.39, 0.29) is 11.2 Å². The second kappa shape index (κ2) is 5.32. The van der Waals surface area contributed by atoms with E-state index in [0.717, 1.165) is 6.42 Å². The molecule has 0 amide bonds. The molecule has 0 saturated heterocycles. The third-order valence-corrected chi connectivity index (χ3v) is 2.82. The maximum absolute atomic E-state index is 10.8. The zero-order valence-corrected chi connectivity index (χ0v) is 9.82. The molecule has 0 rings (SSSR count). The van der Waals surface area contributed by atoms with Gasteiger partial charge in [-0.05, 0) is 26.8 Å². The van der Waals surface area contributed by atoms with Crippen LogP contribution >= 0.6 is 0 Å². The van der Waals surface area contributed by atoms with Crippen molar-refractivity contribution in [1.82, 2.24) is 5.32 Å². The summed E-state index contributed by atoms with van der Waals surface area (Å²) in [5, 5.41) is 11.7. The fraction of sp³-hybridized carbons (Fsp3) is 0.889. The zero-order valence-electron chi connectivity index (χ0n) is 9.00. The Bertz CT molecular complexity index is 301. The topological polar surface area (TPSA) is 70.0 Å². The molecule has 5 heteroatoms. The molecule has 0 saturated carbocycles. The molecule has 0 aliphatic carbocycles. The molecule has 0 bridgehead atoms. The van der Waals surface area contributed by atoms with E-state index in [1.807, 2.05) is 13.8 Å². The van der Waals surface area contributed by atoms with Crippen LogP contribution in [0.15, 0.2) is 0 Å². The van der Waals surface area contributed by atoms with Crippen molar-refractivity contribution in [2.45, 2.75) is 20.3 Å². The van der Waals surface area contributed by atoms with E-state index in [1.54, 1.807) is 0 Å². The molecular formula is C9H18N2O2S. The molecule has 0 aromatic carbocycles. The van der Waals surface area contributed by atoms with Crippen LogP contribution in [0, 0.1) is 16.7 Å². The van der Waals surface area contributed by atoms with Crippen LogP contribution in [0.3, 0.4) is 0 Å². The smallest absolute Gasteiger partial charge is 0.148 e. The SMILES string of the molecule is CC(C)(C#N)CCNCCS(C)(=O)=O. The first kappa shape index (κ1) is 13.4. The predicted molar refractivity (Wildman–Crippen MR) is 56.6 cm³/mol. The van der Waals surface area contributed by atoms with Gasteiger partial charge in [-0.3, -0.25) is 0 Å².